The molecule has 3 atom stereocenters. The SMILES string of the molecule is C=C/C(C)=C/C[C@@H]1C(=C)CC[C@@H]2C(C)(C)CCC[C@@]12C. The molecule has 20 heavy (non-hydrogen) atoms. The van der Waals surface area contributed by atoms with Gasteiger partial charge in [-0.25, -0.2) is 0 Å². The Bertz CT molecular complexity index is 423. The van der Waals surface area contributed by atoms with Crippen LogP contribution in [-0.2, 0) is 0 Å². The van der Waals surface area contributed by atoms with Crippen molar-refractivity contribution in [1.82, 2.24) is 0 Å². The zero-order valence-electron chi connectivity index (χ0n) is 14.0. The Morgan fingerprint density at radius 1 is 1.30 bits per heavy atom. The summed E-state index contributed by atoms with van der Waals surface area (Å²) in [4.78, 5) is 0. The maximum atomic E-state index is 4.43. The third-order valence-corrected chi connectivity index (χ3v) is 6.32. The fourth-order valence-electron chi connectivity index (χ4n) is 5.10. The smallest absolute Gasteiger partial charge is 0.0114 e. The molecule has 0 aromatic carbocycles. The van der Waals surface area contributed by atoms with Crippen molar-refractivity contribution in [3.8, 4) is 0 Å². The van der Waals surface area contributed by atoms with Gasteiger partial charge in [-0.3, -0.25) is 0 Å². The zero-order valence-corrected chi connectivity index (χ0v) is 14.0. The molecule has 0 amide bonds. The molecule has 0 heteroatoms. The molecular formula is C20H32. The summed E-state index contributed by atoms with van der Waals surface area (Å²) < 4.78 is 0. The van der Waals surface area contributed by atoms with E-state index in [9.17, 15) is 0 Å². The number of hydrogen-bond donors (Lipinski definition) is 0. The molecule has 0 bridgehead atoms. The van der Waals surface area contributed by atoms with Gasteiger partial charge in [0.1, 0.15) is 0 Å². The van der Waals surface area contributed by atoms with Crippen molar-refractivity contribution in [2.24, 2.45) is 22.7 Å². The van der Waals surface area contributed by atoms with E-state index in [1.54, 1.807) is 0 Å². The molecule has 2 rings (SSSR count). The lowest BCUT2D eigenvalue weighted by Gasteiger charge is -2.58. The van der Waals surface area contributed by atoms with Gasteiger partial charge in [-0.1, -0.05) is 63.6 Å². The standard InChI is InChI=1S/C20H32/c1-7-15(2)9-11-17-16(3)10-12-18-19(4,5)13-8-14-20(17,18)6/h7,9,17-18H,1,3,8,10-14H2,2,4-6H3/b15-9+/t17-,18-,20+/m1/s1. The summed E-state index contributed by atoms with van der Waals surface area (Å²) in [6.45, 7) is 18.0. The molecule has 0 saturated heterocycles. The van der Waals surface area contributed by atoms with E-state index in [1.165, 1.54) is 43.3 Å². The third-order valence-electron chi connectivity index (χ3n) is 6.32. The monoisotopic (exact) mass is 272 g/mol. The molecule has 0 unspecified atom stereocenters. The van der Waals surface area contributed by atoms with Gasteiger partial charge < -0.3 is 0 Å². The van der Waals surface area contributed by atoms with Crippen LogP contribution in [0.25, 0.3) is 0 Å². The van der Waals surface area contributed by atoms with Gasteiger partial charge in [0.15, 0.2) is 0 Å². The van der Waals surface area contributed by atoms with Gasteiger partial charge >= 0.3 is 0 Å². The fraction of sp³-hybridized carbons (Fsp3) is 0.700. The molecule has 0 aromatic heterocycles. The Kier molecular flexibility index (Phi) is 4.33. The van der Waals surface area contributed by atoms with Crippen molar-refractivity contribution in [2.75, 3.05) is 0 Å². The van der Waals surface area contributed by atoms with Crippen LogP contribution in [0, 0.1) is 22.7 Å². The van der Waals surface area contributed by atoms with Crippen LogP contribution >= 0.6 is 0 Å². The fourth-order valence-corrected chi connectivity index (χ4v) is 5.10. The second kappa shape index (κ2) is 5.54. The van der Waals surface area contributed by atoms with Crippen LogP contribution < -0.4 is 0 Å². The highest BCUT2D eigenvalue weighted by atomic mass is 14.6. The zero-order chi connectivity index (χ0) is 15.0. The van der Waals surface area contributed by atoms with Crippen molar-refractivity contribution < 1.29 is 0 Å². The first kappa shape index (κ1) is 15.6. The molecule has 0 radical (unpaired) electrons. The van der Waals surface area contributed by atoms with E-state index in [-0.39, 0.29) is 0 Å². The lowest BCUT2D eigenvalue weighted by molar-refractivity contribution is -0.0510. The molecule has 2 aliphatic rings. The average molecular weight is 272 g/mol. The molecule has 2 fully saturated rings. The van der Waals surface area contributed by atoms with E-state index in [0.717, 1.165) is 12.3 Å². The molecule has 0 N–H and O–H groups in total. The number of fused-ring (bicyclic) bond motifs is 1. The Morgan fingerprint density at radius 3 is 2.65 bits per heavy atom. The maximum Gasteiger partial charge on any atom is -0.0114 e. The highest BCUT2D eigenvalue weighted by molar-refractivity contribution is 5.20. The van der Waals surface area contributed by atoms with Crippen molar-refractivity contribution >= 4 is 0 Å². The summed E-state index contributed by atoms with van der Waals surface area (Å²) >= 11 is 0. The maximum absolute atomic E-state index is 4.43. The minimum Gasteiger partial charge on any atom is -0.0995 e. The summed E-state index contributed by atoms with van der Waals surface area (Å²) in [5, 5.41) is 0. The summed E-state index contributed by atoms with van der Waals surface area (Å²) in [6, 6.07) is 0. The molecule has 0 aromatic rings. The highest BCUT2D eigenvalue weighted by Gasteiger charge is 2.52. The summed E-state index contributed by atoms with van der Waals surface area (Å²) in [5.41, 5.74) is 3.76. The van der Waals surface area contributed by atoms with E-state index in [1.807, 2.05) is 6.08 Å². The van der Waals surface area contributed by atoms with Crippen LogP contribution in [0.3, 0.4) is 0 Å². The first-order valence-electron chi connectivity index (χ1n) is 8.28. The molecule has 2 saturated carbocycles. The van der Waals surface area contributed by atoms with Gasteiger partial charge in [0.2, 0.25) is 0 Å². The van der Waals surface area contributed by atoms with Crippen LogP contribution in [0.4, 0.5) is 0 Å². The Morgan fingerprint density at radius 2 is 2.00 bits per heavy atom. The summed E-state index contributed by atoms with van der Waals surface area (Å²) in [6.07, 6.45) is 12.2. The lowest BCUT2D eigenvalue weighted by Crippen LogP contribution is -2.49. The average Bonchev–Trinajstić information content (AvgIpc) is 2.36. The molecule has 112 valence electrons. The van der Waals surface area contributed by atoms with Gasteiger partial charge in [0, 0.05) is 0 Å². The van der Waals surface area contributed by atoms with Crippen molar-refractivity contribution in [3.05, 3.63) is 36.5 Å². The quantitative estimate of drug-likeness (QED) is 0.417. The topological polar surface area (TPSA) is 0 Å². The van der Waals surface area contributed by atoms with E-state index < -0.39 is 0 Å². The Labute approximate surface area is 126 Å². The highest BCUT2D eigenvalue weighted by Crippen LogP contribution is 2.61. The lowest BCUT2D eigenvalue weighted by atomic mass is 9.47. The molecule has 0 aliphatic heterocycles. The van der Waals surface area contributed by atoms with Gasteiger partial charge in [-0.05, 0) is 61.7 Å². The Balaban J connectivity index is 2.28. The number of allylic oxidation sites excluding steroid dienone is 4. The first-order chi connectivity index (χ1) is 9.31. The predicted octanol–water partition coefficient (Wildman–Crippen LogP) is 6.31. The largest absolute Gasteiger partial charge is 0.0995 e. The molecular weight excluding hydrogens is 240 g/mol. The predicted molar refractivity (Wildman–Crippen MR) is 89.7 cm³/mol. The Hall–Kier alpha value is -0.780. The van der Waals surface area contributed by atoms with Gasteiger partial charge in [-0.2, -0.15) is 0 Å². The van der Waals surface area contributed by atoms with Gasteiger partial charge in [0.05, 0.1) is 0 Å². The minimum absolute atomic E-state index is 0.453. The van der Waals surface area contributed by atoms with E-state index in [4.69, 9.17) is 0 Å². The molecule has 2 aliphatic carbocycles. The first-order valence-corrected chi connectivity index (χ1v) is 8.28. The van der Waals surface area contributed by atoms with E-state index >= 15 is 0 Å². The van der Waals surface area contributed by atoms with Crippen molar-refractivity contribution in [3.63, 3.8) is 0 Å². The van der Waals surface area contributed by atoms with Crippen molar-refractivity contribution in [1.29, 1.82) is 0 Å². The number of rotatable bonds is 3. The molecule has 0 heterocycles. The van der Waals surface area contributed by atoms with Gasteiger partial charge in [-0.15, -0.1) is 0 Å². The number of hydrogen-bond acceptors (Lipinski definition) is 0. The van der Waals surface area contributed by atoms with Crippen LogP contribution in [0.15, 0.2) is 36.5 Å². The van der Waals surface area contributed by atoms with Crippen LogP contribution in [0.2, 0.25) is 0 Å². The third kappa shape index (κ3) is 2.67. The molecule has 0 spiro atoms. The second-order valence-electron chi connectivity index (χ2n) is 8.04. The van der Waals surface area contributed by atoms with Crippen LogP contribution in [-0.4, -0.2) is 0 Å². The van der Waals surface area contributed by atoms with Crippen molar-refractivity contribution in [2.45, 2.75) is 66.2 Å². The summed E-state index contributed by atoms with van der Waals surface area (Å²) in [7, 11) is 0. The normalized spacial score (nSPS) is 37.4. The van der Waals surface area contributed by atoms with Crippen LogP contribution in [0.1, 0.15) is 66.2 Å². The molecule has 0 nitrogen and oxygen atoms in total. The van der Waals surface area contributed by atoms with Crippen LogP contribution in [0.5, 0.6) is 0 Å². The van der Waals surface area contributed by atoms with Gasteiger partial charge in [0.25, 0.3) is 0 Å². The summed E-state index contributed by atoms with van der Waals surface area (Å²) in [5.74, 6) is 1.52. The minimum atomic E-state index is 0.453. The second-order valence-corrected chi connectivity index (χ2v) is 8.04. The van der Waals surface area contributed by atoms with E-state index in [2.05, 4.69) is 46.9 Å². The van der Waals surface area contributed by atoms with E-state index in [0.29, 0.717) is 16.7 Å².